The van der Waals surface area contributed by atoms with Crippen LogP contribution in [-0.4, -0.2) is 47.7 Å². The lowest BCUT2D eigenvalue weighted by Crippen LogP contribution is -2.36. The van der Waals surface area contributed by atoms with Crippen molar-refractivity contribution in [3.63, 3.8) is 0 Å². The highest BCUT2D eigenvalue weighted by atomic mass is 32.2. The molecule has 22 heavy (non-hydrogen) atoms. The Kier molecular flexibility index (Phi) is 7.41. The molecule has 124 valence electrons. The van der Waals surface area contributed by atoms with Crippen LogP contribution in [0.15, 0.2) is 4.34 Å². The molecule has 6 nitrogen and oxygen atoms in total. The molecule has 2 rings (SSSR count). The first-order valence-corrected chi connectivity index (χ1v) is 9.48. The Morgan fingerprint density at radius 2 is 2.18 bits per heavy atom. The minimum atomic E-state index is -0.00783. The van der Waals surface area contributed by atoms with Gasteiger partial charge in [-0.25, -0.2) is 0 Å². The summed E-state index contributed by atoms with van der Waals surface area (Å²) in [6.07, 6.45) is 6.34. The minimum absolute atomic E-state index is 0.00783. The van der Waals surface area contributed by atoms with Crippen LogP contribution >= 0.6 is 23.1 Å². The second-order valence-corrected chi connectivity index (χ2v) is 7.76. The second-order valence-electron chi connectivity index (χ2n) is 5.56. The van der Waals surface area contributed by atoms with Crippen molar-refractivity contribution >= 4 is 34.1 Å². The number of rotatable bonds is 8. The molecule has 0 spiro atoms. The SMILES string of the molecule is COC[C@H](C)NC(=O)CSc1nnc(NC2CCCCC2)s1. The van der Waals surface area contributed by atoms with E-state index in [2.05, 4.69) is 20.8 Å². The average Bonchev–Trinajstić information content (AvgIpc) is 2.94. The van der Waals surface area contributed by atoms with E-state index in [1.807, 2.05) is 6.92 Å². The second kappa shape index (κ2) is 9.32. The van der Waals surface area contributed by atoms with Gasteiger partial charge in [-0.2, -0.15) is 0 Å². The van der Waals surface area contributed by atoms with Crippen molar-refractivity contribution in [1.29, 1.82) is 0 Å². The molecule has 1 atom stereocenters. The Labute approximate surface area is 139 Å². The lowest BCUT2D eigenvalue weighted by Gasteiger charge is -2.21. The van der Waals surface area contributed by atoms with Gasteiger partial charge in [0.2, 0.25) is 11.0 Å². The van der Waals surface area contributed by atoms with Gasteiger partial charge in [-0.15, -0.1) is 10.2 Å². The summed E-state index contributed by atoms with van der Waals surface area (Å²) in [5, 5.41) is 15.5. The number of ether oxygens (including phenoxy) is 1. The molecule has 0 aliphatic heterocycles. The summed E-state index contributed by atoms with van der Waals surface area (Å²) < 4.78 is 5.82. The molecule has 1 aromatic rings. The highest BCUT2D eigenvalue weighted by Crippen LogP contribution is 2.28. The Morgan fingerprint density at radius 3 is 2.91 bits per heavy atom. The third-order valence-electron chi connectivity index (χ3n) is 3.49. The summed E-state index contributed by atoms with van der Waals surface area (Å²) in [5.41, 5.74) is 0. The van der Waals surface area contributed by atoms with E-state index in [4.69, 9.17) is 4.74 Å². The highest BCUT2D eigenvalue weighted by molar-refractivity contribution is 8.01. The van der Waals surface area contributed by atoms with Crippen LogP contribution in [0.1, 0.15) is 39.0 Å². The van der Waals surface area contributed by atoms with Gasteiger partial charge < -0.3 is 15.4 Å². The molecule has 1 saturated carbocycles. The van der Waals surface area contributed by atoms with Crippen LogP contribution in [0, 0.1) is 0 Å². The first-order chi connectivity index (χ1) is 10.7. The third-order valence-corrected chi connectivity index (χ3v) is 5.48. The Hall–Kier alpha value is -0.860. The van der Waals surface area contributed by atoms with Crippen molar-refractivity contribution in [1.82, 2.24) is 15.5 Å². The van der Waals surface area contributed by atoms with Crippen molar-refractivity contribution in [2.24, 2.45) is 0 Å². The molecule has 0 aromatic carbocycles. The van der Waals surface area contributed by atoms with E-state index < -0.39 is 0 Å². The molecule has 1 fully saturated rings. The van der Waals surface area contributed by atoms with E-state index in [1.165, 1.54) is 55.2 Å². The summed E-state index contributed by atoms with van der Waals surface area (Å²) in [7, 11) is 1.62. The van der Waals surface area contributed by atoms with Gasteiger partial charge in [0.15, 0.2) is 4.34 Å². The number of nitrogens with zero attached hydrogens (tertiary/aromatic N) is 2. The first-order valence-electron chi connectivity index (χ1n) is 7.68. The quantitative estimate of drug-likeness (QED) is 0.706. The zero-order valence-corrected chi connectivity index (χ0v) is 14.8. The molecule has 0 unspecified atom stereocenters. The molecule has 0 radical (unpaired) electrons. The monoisotopic (exact) mass is 344 g/mol. The summed E-state index contributed by atoms with van der Waals surface area (Å²) in [5.74, 6) is 0.345. The predicted octanol–water partition coefficient (Wildman–Crippen LogP) is 2.53. The number of hydrogen-bond acceptors (Lipinski definition) is 7. The van der Waals surface area contributed by atoms with Gasteiger partial charge in [0.05, 0.1) is 12.4 Å². The van der Waals surface area contributed by atoms with Crippen LogP contribution < -0.4 is 10.6 Å². The van der Waals surface area contributed by atoms with Gasteiger partial charge in [0.1, 0.15) is 0 Å². The summed E-state index contributed by atoms with van der Waals surface area (Å²) in [6.45, 7) is 2.44. The molecule has 2 N–H and O–H groups in total. The maximum atomic E-state index is 11.8. The first kappa shape index (κ1) is 17.5. The lowest BCUT2D eigenvalue weighted by molar-refractivity contribution is -0.119. The fraction of sp³-hybridized carbons (Fsp3) is 0.786. The van der Waals surface area contributed by atoms with Crippen LogP contribution in [0.25, 0.3) is 0 Å². The number of nitrogens with one attached hydrogen (secondary N) is 2. The third kappa shape index (κ3) is 6.10. The summed E-state index contributed by atoms with van der Waals surface area (Å²) >= 11 is 2.95. The number of hydrogen-bond donors (Lipinski definition) is 2. The average molecular weight is 345 g/mol. The van der Waals surface area contributed by atoms with E-state index >= 15 is 0 Å². The molecule has 1 amide bonds. The molecule has 8 heteroatoms. The maximum Gasteiger partial charge on any atom is 0.230 e. The number of carbonyl (C=O) groups excluding carboxylic acids is 1. The molecule has 1 aliphatic rings. The van der Waals surface area contributed by atoms with E-state index in [0.29, 0.717) is 18.4 Å². The molecule has 1 aromatic heterocycles. The number of thioether (sulfide) groups is 1. The van der Waals surface area contributed by atoms with Gasteiger partial charge in [0.25, 0.3) is 0 Å². The van der Waals surface area contributed by atoms with Crippen LogP contribution in [0.2, 0.25) is 0 Å². The largest absolute Gasteiger partial charge is 0.383 e. The standard InChI is InChI=1S/C14H24N4O2S2/c1-10(8-20-2)15-12(19)9-21-14-18-17-13(22-14)16-11-6-4-3-5-7-11/h10-11H,3-9H2,1-2H3,(H,15,19)(H,16,17)/t10-/m0/s1. The lowest BCUT2D eigenvalue weighted by atomic mass is 9.96. The van der Waals surface area contributed by atoms with E-state index in [-0.39, 0.29) is 11.9 Å². The van der Waals surface area contributed by atoms with Crippen LogP contribution in [0.4, 0.5) is 5.13 Å². The van der Waals surface area contributed by atoms with Gasteiger partial charge in [-0.05, 0) is 19.8 Å². The number of anilines is 1. The Morgan fingerprint density at radius 1 is 1.41 bits per heavy atom. The summed E-state index contributed by atoms with van der Waals surface area (Å²) in [6, 6.07) is 0.550. The van der Waals surface area contributed by atoms with Crippen molar-refractivity contribution in [2.45, 2.75) is 55.5 Å². The van der Waals surface area contributed by atoms with Crippen LogP contribution in [-0.2, 0) is 9.53 Å². The minimum Gasteiger partial charge on any atom is -0.383 e. The predicted molar refractivity (Wildman–Crippen MR) is 90.6 cm³/mol. The number of carbonyl (C=O) groups is 1. The molecule has 0 bridgehead atoms. The van der Waals surface area contributed by atoms with Crippen LogP contribution in [0.5, 0.6) is 0 Å². The number of amides is 1. The topological polar surface area (TPSA) is 76.1 Å². The molecule has 1 heterocycles. The van der Waals surface area contributed by atoms with Gasteiger partial charge >= 0.3 is 0 Å². The van der Waals surface area contributed by atoms with Gasteiger partial charge in [0, 0.05) is 19.2 Å². The van der Waals surface area contributed by atoms with E-state index in [1.54, 1.807) is 7.11 Å². The molecular formula is C14H24N4O2S2. The molecular weight excluding hydrogens is 320 g/mol. The van der Waals surface area contributed by atoms with Crippen molar-refractivity contribution in [3.8, 4) is 0 Å². The van der Waals surface area contributed by atoms with Crippen molar-refractivity contribution in [2.75, 3.05) is 24.8 Å². The van der Waals surface area contributed by atoms with Crippen LogP contribution in [0.3, 0.4) is 0 Å². The fourth-order valence-electron chi connectivity index (χ4n) is 2.48. The van der Waals surface area contributed by atoms with Crippen molar-refractivity contribution in [3.05, 3.63) is 0 Å². The maximum absolute atomic E-state index is 11.8. The van der Waals surface area contributed by atoms with E-state index in [0.717, 1.165) is 9.47 Å². The van der Waals surface area contributed by atoms with E-state index in [9.17, 15) is 4.79 Å². The Bertz CT molecular complexity index is 463. The van der Waals surface area contributed by atoms with Crippen molar-refractivity contribution < 1.29 is 9.53 Å². The van der Waals surface area contributed by atoms with Gasteiger partial charge in [-0.3, -0.25) is 4.79 Å². The zero-order valence-electron chi connectivity index (χ0n) is 13.1. The highest BCUT2D eigenvalue weighted by Gasteiger charge is 2.15. The Balaban J connectivity index is 1.71. The normalized spacial score (nSPS) is 17.2. The smallest absolute Gasteiger partial charge is 0.230 e. The number of methoxy groups -OCH3 is 1. The fourth-order valence-corrected chi connectivity index (χ4v) is 4.12. The summed E-state index contributed by atoms with van der Waals surface area (Å²) in [4.78, 5) is 11.8. The van der Waals surface area contributed by atoms with Gasteiger partial charge in [-0.1, -0.05) is 42.4 Å². The molecule has 1 aliphatic carbocycles. The zero-order chi connectivity index (χ0) is 15.8. The number of aromatic nitrogens is 2. The molecule has 0 saturated heterocycles.